The number of nitrogens with two attached hydrogens (primary N) is 1. The molecule has 0 unspecified atom stereocenters. The largest absolute Gasteiger partial charge is 0.387 e. The number of benzene rings is 1. The zero-order chi connectivity index (χ0) is 9.84. The predicted octanol–water partition coefficient (Wildman–Crippen LogP) is 1.67. The van der Waals surface area contributed by atoms with Crippen molar-refractivity contribution in [2.24, 2.45) is 5.73 Å². The molecule has 0 aromatic heterocycles. The number of hydrogen-bond acceptors (Lipinski definition) is 2. The van der Waals surface area contributed by atoms with Gasteiger partial charge in [0.1, 0.15) is 6.67 Å². The van der Waals surface area contributed by atoms with Gasteiger partial charge in [0.25, 0.3) is 0 Å². The minimum atomic E-state index is -0.970. The lowest BCUT2D eigenvalue weighted by molar-refractivity contribution is 0.132. The van der Waals surface area contributed by atoms with E-state index in [1.807, 2.05) is 0 Å². The van der Waals surface area contributed by atoms with Crippen molar-refractivity contribution in [1.29, 1.82) is 0 Å². The summed E-state index contributed by atoms with van der Waals surface area (Å²) in [4.78, 5) is 0. The lowest BCUT2D eigenvalue weighted by Crippen LogP contribution is -2.30. The van der Waals surface area contributed by atoms with E-state index in [1.54, 1.807) is 24.3 Å². The molecule has 0 saturated heterocycles. The van der Waals surface area contributed by atoms with Gasteiger partial charge in [0, 0.05) is 5.02 Å². The molecule has 0 radical (unpaired) electrons. The van der Waals surface area contributed by atoms with E-state index in [1.165, 1.54) is 0 Å². The van der Waals surface area contributed by atoms with Crippen molar-refractivity contribution in [3.8, 4) is 0 Å². The third-order valence-corrected chi connectivity index (χ3v) is 2.05. The van der Waals surface area contributed by atoms with E-state index >= 15 is 0 Å². The maximum absolute atomic E-state index is 12.1. The summed E-state index contributed by atoms with van der Waals surface area (Å²) in [6.45, 7) is -0.746. The van der Waals surface area contributed by atoms with E-state index in [2.05, 4.69) is 0 Å². The summed E-state index contributed by atoms with van der Waals surface area (Å²) in [5.41, 5.74) is 5.91. The standard InChI is InChI=1S/C9H11ClFNO/c10-7-3-1-6(2-4-7)9(13)8(12)5-11/h1-4,8-9,13H,5,12H2/t8-,9-/m1/s1. The zero-order valence-corrected chi connectivity index (χ0v) is 7.71. The molecule has 2 atom stereocenters. The molecule has 2 nitrogen and oxygen atoms in total. The molecule has 1 aromatic carbocycles. The summed E-state index contributed by atoms with van der Waals surface area (Å²) >= 11 is 5.64. The van der Waals surface area contributed by atoms with Gasteiger partial charge in [0.15, 0.2) is 0 Å². The van der Waals surface area contributed by atoms with Crippen LogP contribution in [-0.2, 0) is 0 Å². The van der Waals surface area contributed by atoms with Gasteiger partial charge in [0.2, 0.25) is 0 Å². The van der Waals surface area contributed by atoms with Gasteiger partial charge in [-0.3, -0.25) is 0 Å². The number of aliphatic hydroxyl groups excluding tert-OH is 1. The highest BCUT2D eigenvalue weighted by Gasteiger charge is 2.15. The van der Waals surface area contributed by atoms with E-state index in [0.29, 0.717) is 10.6 Å². The van der Waals surface area contributed by atoms with Gasteiger partial charge >= 0.3 is 0 Å². The van der Waals surface area contributed by atoms with E-state index in [0.717, 1.165) is 0 Å². The number of aliphatic hydroxyl groups is 1. The smallest absolute Gasteiger partial charge is 0.107 e. The second kappa shape index (κ2) is 4.56. The molecule has 0 heterocycles. The van der Waals surface area contributed by atoms with E-state index in [9.17, 15) is 9.50 Å². The van der Waals surface area contributed by atoms with Gasteiger partial charge in [-0.05, 0) is 17.7 Å². The van der Waals surface area contributed by atoms with Crippen LogP contribution in [0.15, 0.2) is 24.3 Å². The van der Waals surface area contributed by atoms with Crippen LogP contribution in [0, 0.1) is 0 Å². The third-order valence-electron chi connectivity index (χ3n) is 1.80. The van der Waals surface area contributed by atoms with Crippen molar-refractivity contribution in [2.75, 3.05) is 6.67 Å². The van der Waals surface area contributed by atoms with E-state index < -0.39 is 18.8 Å². The van der Waals surface area contributed by atoms with Crippen LogP contribution >= 0.6 is 11.6 Å². The Balaban J connectivity index is 2.77. The maximum Gasteiger partial charge on any atom is 0.107 e. The molecule has 0 bridgehead atoms. The average molecular weight is 204 g/mol. The monoisotopic (exact) mass is 203 g/mol. The Bertz CT molecular complexity index is 265. The number of alkyl halides is 1. The second-order valence-corrected chi connectivity index (χ2v) is 3.25. The minimum Gasteiger partial charge on any atom is -0.387 e. The van der Waals surface area contributed by atoms with Crippen LogP contribution in [0.2, 0.25) is 5.02 Å². The van der Waals surface area contributed by atoms with Gasteiger partial charge in [-0.25, -0.2) is 4.39 Å². The molecule has 13 heavy (non-hydrogen) atoms. The summed E-state index contributed by atoms with van der Waals surface area (Å²) in [5.74, 6) is 0. The summed E-state index contributed by atoms with van der Waals surface area (Å²) in [7, 11) is 0. The highest BCUT2D eigenvalue weighted by atomic mass is 35.5. The first-order valence-electron chi connectivity index (χ1n) is 3.90. The van der Waals surface area contributed by atoms with Gasteiger partial charge in [0.05, 0.1) is 12.1 Å². The molecule has 0 aliphatic heterocycles. The van der Waals surface area contributed by atoms with Crippen LogP contribution in [0.3, 0.4) is 0 Å². The van der Waals surface area contributed by atoms with Crippen LogP contribution in [0.5, 0.6) is 0 Å². The first kappa shape index (κ1) is 10.4. The second-order valence-electron chi connectivity index (χ2n) is 2.81. The lowest BCUT2D eigenvalue weighted by Gasteiger charge is -2.15. The fraction of sp³-hybridized carbons (Fsp3) is 0.333. The average Bonchev–Trinajstić information content (AvgIpc) is 2.17. The minimum absolute atomic E-state index is 0.574. The van der Waals surface area contributed by atoms with Crippen LogP contribution in [-0.4, -0.2) is 17.8 Å². The molecule has 0 aliphatic carbocycles. The van der Waals surface area contributed by atoms with E-state index in [-0.39, 0.29) is 0 Å². The van der Waals surface area contributed by atoms with Gasteiger partial charge in [-0.1, -0.05) is 23.7 Å². The Hall–Kier alpha value is -0.640. The van der Waals surface area contributed by atoms with E-state index in [4.69, 9.17) is 17.3 Å². The first-order valence-corrected chi connectivity index (χ1v) is 4.28. The van der Waals surface area contributed by atoms with Crippen LogP contribution in [0.1, 0.15) is 11.7 Å². The normalized spacial score (nSPS) is 15.4. The Labute approximate surface area is 81.1 Å². The Morgan fingerprint density at radius 1 is 1.38 bits per heavy atom. The highest BCUT2D eigenvalue weighted by Crippen LogP contribution is 2.18. The Morgan fingerprint density at radius 2 is 1.92 bits per heavy atom. The molecule has 4 heteroatoms. The molecule has 1 aromatic rings. The molecular formula is C9H11ClFNO. The first-order chi connectivity index (χ1) is 6.15. The van der Waals surface area contributed by atoms with Crippen molar-refractivity contribution in [1.82, 2.24) is 0 Å². The quantitative estimate of drug-likeness (QED) is 0.785. The summed E-state index contributed by atoms with van der Waals surface area (Å²) in [5, 5.41) is 10.0. The number of rotatable bonds is 3. The molecule has 0 aliphatic rings. The maximum atomic E-state index is 12.1. The highest BCUT2D eigenvalue weighted by molar-refractivity contribution is 6.30. The number of halogens is 2. The van der Waals surface area contributed by atoms with Crippen LogP contribution < -0.4 is 5.73 Å². The summed E-state index contributed by atoms with van der Waals surface area (Å²) in [6, 6.07) is 5.64. The SMILES string of the molecule is N[C@H](CF)[C@H](O)c1ccc(Cl)cc1. The summed E-state index contributed by atoms with van der Waals surface area (Å²) in [6.07, 6.45) is -0.970. The Morgan fingerprint density at radius 3 is 2.38 bits per heavy atom. The molecule has 3 N–H and O–H groups in total. The predicted molar refractivity (Wildman–Crippen MR) is 50.4 cm³/mol. The van der Waals surface area contributed by atoms with Gasteiger partial charge in [-0.2, -0.15) is 0 Å². The zero-order valence-electron chi connectivity index (χ0n) is 6.95. The Kier molecular flexibility index (Phi) is 3.66. The lowest BCUT2D eigenvalue weighted by atomic mass is 10.0. The summed E-state index contributed by atoms with van der Waals surface area (Å²) < 4.78 is 12.1. The van der Waals surface area contributed by atoms with Gasteiger partial charge in [-0.15, -0.1) is 0 Å². The fourth-order valence-corrected chi connectivity index (χ4v) is 1.12. The topological polar surface area (TPSA) is 46.2 Å². The molecule has 0 saturated carbocycles. The van der Waals surface area contributed by atoms with Crippen molar-refractivity contribution >= 4 is 11.6 Å². The molecule has 1 rings (SSSR count). The molecule has 0 spiro atoms. The molecular weight excluding hydrogens is 193 g/mol. The van der Waals surface area contributed by atoms with Gasteiger partial charge < -0.3 is 10.8 Å². The van der Waals surface area contributed by atoms with Crippen LogP contribution in [0.4, 0.5) is 4.39 Å². The molecule has 72 valence electrons. The van der Waals surface area contributed by atoms with Crippen molar-refractivity contribution in [2.45, 2.75) is 12.1 Å². The van der Waals surface area contributed by atoms with Crippen molar-refractivity contribution < 1.29 is 9.50 Å². The number of hydrogen-bond donors (Lipinski definition) is 2. The van der Waals surface area contributed by atoms with Crippen molar-refractivity contribution in [3.63, 3.8) is 0 Å². The third kappa shape index (κ3) is 2.66. The van der Waals surface area contributed by atoms with Crippen LogP contribution in [0.25, 0.3) is 0 Å². The molecule has 0 fully saturated rings. The molecule has 0 amide bonds. The van der Waals surface area contributed by atoms with Crippen molar-refractivity contribution in [3.05, 3.63) is 34.9 Å². The fourth-order valence-electron chi connectivity index (χ4n) is 0.992.